The van der Waals surface area contributed by atoms with Gasteiger partial charge in [0.15, 0.2) is 0 Å². The summed E-state index contributed by atoms with van der Waals surface area (Å²) in [6, 6.07) is 5.64. The van der Waals surface area contributed by atoms with Gasteiger partial charge in [0.1, 0.15) is 0 Å². The molecule has 0 radical (unpaired) electrons. The third-order valence-corrected chi connectivity index (χ3v) is 4.36. The molecule has 1 amide bonds. The van der Waals surface area contributed by atoms with Gasteiger partial charge in [-0.25, -0.2) is 0 Å². The highest BCUT2D eigenvalue weighted by molar-refractivity contribution is 9.10. The summed E-state index contributed by atoms with van der Waals surface area (Å²) in [4.78, 5) is 14.5. The molecule has 3 nitrogen and oxygen atoms in total. The van der Waals surface area contributed by atoms with Crippen LogP contribution in [-0.2, 0) is 0 Å². The first-order chi connectivity index (χ1) is 9.13. The van der Waals surface area contributed by atoms with Crippen LogP contribution in [-0.4, -0.2) is 29.9 Å². The Balaban J connectivity index is 0.00000200. The summed E-state index contributed by atoms with van der Waals surface area (Å²) < 4.78 is 0.881. The molecule has 0 bridgehead atoms. The van der Waals surface area contributed by atoms with E-state index in [2.05, 4.69) is 15.9 Å². The molecule has 1 aliphatic rings. The van der Waals surface area contributed by atoms with Crippen LogP contribution in [0.3, 0.4) is 0 Å². The highest BCUT2D eigenvalue weighted by atomic mass is 79.9. The van der Waals surface area contributed by atoms with Crippen LogP contribution in [0.2, 0.25) is 5.02 Å². The molecule has 1 heterocycles. The highest BCUT2D eigenvalue weighted by Gasteiger charge is 2.27. The van der Waals surface area contributed by atoms with Gasteiger partial charge in [-0.1, -0.05) is 27.5 Å². The third kappa shape index (κ3) is 4.10. The molecule has 0 aromatic heterocycles. The zero-order valence-corrected chi connectivity index (χ0v) is 14.3. The fraction of sp³-hybridized carbons (Fsp3) is 0.500. The molecule has 1 unspecified atom stereocenters. The van der Waals surface area contributed by atoms with Crippen molar-refractivity contribution in [3.8, 4) is 0 Å². The summed E-state index contributed by atoms with van der Waals surface area (Å²) in [5.74, 6) is 0.0238. The molecule has 1 fully saturated rings. The quantitative estimate of drug-likeness (QED) is 0.863. The number of nitrogens with two attached hydrogens (primary N) is 1. The maximum Gasteiger partial charge on any atom is 0.255 e. The van der Waals surface area contributed by atoms with Crippen molar-refractivity contribution in [1.82, 2.24) is 4.90 Å². The predicted octanol–water partition coefficient (Wildman–Crippen LogP) is 3.87. The van der Waals surface area contributed by atoms with Crippen LogP contribution in [0.15, 0.2) is 22.7 Å². The van der Waals surface area contributed by atoms with Crippen LogP contribution in [0.5, 0.6) is 0 Å². The van der Waals surface area contributed by atoms with E-state index in [1.807, 2.05) is 11.0 Å². The van der Waals surface area contributed by atoms with Crippen molar-refractivity contribution in [2.24, 2.45) is 5.73 Å². The summed E-state index contributed by atoms with van der Waals surface area (Å²) in [7, 11) is 0. The van der Waals surface area contributed by atoms with Gasteiger partial charge in [0, 0.05) is 17.1 Å². The van der Waals surface area contributed by atoms with Crippen molar-refractivity contribution in [3.05, 3.63) is 33.3 Å². The molecule has 1 atom stereocenters. The summed E-state index contributed by atoms with van der Waals surface area (Å²) in [5.41, 5.74) is 6.22. The Hall–Kier alpha value is -0.290. The topological polar surface area (TPSA) is 46.3 Å². The van der Waals surface area contributed by atoms with Gasteiger partial charge in [-0.3, -0.25) is 4.79 Å². The maximum atomic E-state index is 12.6. The minimum Gasteiger partial charge on any atom is -0.336 e. The molecule has 112 valence electrons. The number of carbonyl (C=O) groups is 1. The van der Waals surface area contributed by atoms with Crippen LogP contribution in [0.1, 0.15) is 36.0 Å². The lowest BCUT2D eigenvalue weighted by atomic mass is 9.98. The molecule has 1 aromatic rings. The van der Waals surface area contributed by atoms with E-state index in [4.69, 9.17) is 17.3 Å². The van der Waals surface area contributed by atoms with E-state index < -0.39 is 0 Å². The fourth-order valence-electron chi connectivity index (χ4n) is 2.58. The zero-order chi connectivity index (χ0) is 13.8. The Morgan fingerprint density at radius 1 is 1.45 bits per heavy atom. The number of carbonyl (C=O) groups excluding carboxylic acids is 1. The van der Waals surface area contributed by atoms with E-state index in [0.717, 1.165) is 30.3 Å². The van der Waals surface area contributed by atoms with Gasteiger partial charge in [-0.2, -0.15) is 0 Å². The molecule has 1 aromatic carbocycles. The summed E-state index contributed by atoms with van der Waals surface area (Å²) in [5, 5.41) is 0.497. The Labute approximate surface area is 139 Å². The van der Waals surface area contributed by atoms with Crippen LogP contribution < -0.4 is 5.73 Å². The van der Waals surface area contributed by atoms with Gasteiger partial charge in [-0.15, -0.1) is 12.4 Å². The molecule has 1 saturated heterocycles. The first-order valence-electron chi connectivity index (χ1n) is 6.59. The molecule has 20 heavy (non-hydrogen) atoms. The molecule has 0 aliphatic carbocycles. The summed E-state index contributed by atoms with van der Waals surface area (Å²) in [6.45, 7) is 1.42. The number of hydrogen-bond donors (Lipinski definition) is 1. The lowest BCUT2D eigenvalue weighted by molar-refractivity contribution is 0.0605. The van der Waals surface area contributed by atoms with Crippen molar-refractivity contribution in [2.75, 3.05) is 13.1 Å². The van der Waals surface area contributed by atoms with Crippen molar-refractivity contribution in [3.63, 3.8) is 0 Å². The minimum absolute atomic E-state index is 0. The van der Waals surface area contributed by atoms with Gasteiger partial charge in [0.2, 0.25) is 0 Å². The first kappa shape index (κ1) is 17.8. The Kier molecular flexibility index (Phi) is 7.30. The summed E-state index contributed by atoms with van der Waals surface area (Å²) >= 11 is 9.52. The second-order valence-corrected chi connectivity index (χ2v) is 6.17. The molecule has 2 rings (SSSR count). The third-order valence-electron chi connectivity index (χ3n) is 3.55. The Morgan fingerprint density at radius 3 is 2.85 bits per heavy atom. The number of likely N-dealkylation sites (tertiary alicyclic amines) is 1. The predicted molar refractivity (Wildman–Crippen MR) is 88.7 cm³/mol. The standard InChI is InChI=1S/C14H18BrClN2O.ClH/c15-10-4-5-12(13(16)9-10)14(19)18-8-2-1-3-11(18)6-7-17;/h4-5,9,11H,1-3,6-8,17H2;1H. The first-order valence-corrected chi connectivity index (χ1v) is 7.76. The number of benzene rings is 1. The molecule has 1 aliphatic heterocycles. The number of hydrogen-bond acceptors (Lipinski definition) is 2. The van der Waals surface area contributed by atoms with E-state index in [0.29, 0.717) is 17.1 Å². The molecule has 0 saturated carbocycles. The van der Waals surface area contributed by atoms with Gasteiger partial charge in [-0.05, 0) is 50.4 Å². The van der Waals surface area contributed by atoms with Crippen molar-refractivity contribution in [1.29, 1.82) is 0 Å². The van der Waals surface area contributed by atoms with Crippen LogP contribution in [0.25, 0.3) is 0 Å². The van der Waals surface area contributed by atoms with Gasteiger partial charge in [0.05, 0.1) is 10.6 Å². The van der Waals surface area contributed by atoms with Crippen LogP contribution >= 0.6 is 39.9 Å². The molecular formula is C14H19BrCl2N2O. The van der Waals surface area contributed by atoms with Crippen molar-refractivity contribution < 1.29 is 4.79 Å². The molecular weight excluding hydrogens is 363 g/mol. The average Bonchev–Trinajstić information content (AvgIpc) is 2.39. The Morgan fingerprint density at radius 2 is 2.20 bits per heavy atom. The smallest absolute Gasteiger partial charge is 0.255 e. The van der Waals surface area contributed by atoms with Gasteiger partial charge < -0.3 is 10.6 Å². The van der Waals surface area contributed by atoms with E-state index in [9.17, 15) is 4.79 Å². The van der Waals surface area contributed by atoms with Crippen LogP contribution in [0, 0.1) is 0 Å². The van der Waals surface area contributed by atoms with E-state index >= 15 is 0 Å². The number of halogens is 3. The fourth-order valence-corrected chi connectivity index (χ4v) is 3.33. The van der Waals surface area contributed by atoms with Crippen molar-refractivity contribution >= 4 is 45.8 Å². The largest absolute Gasteiger partial charge is 0.336 e. The van der Waals surface area contributed by atoms with E-state index in [-0.39, 0.29) is 24.4 Å². The zero-order valence-electron chi connectivity index (χ0n) is 11.1. The second kappa shape index (κ2) is 8.23. The Bertz CT molecular complexity index is 468. The van der Waals surface area contributed by atoms with Crippen molar-refractivity contribution in [2.45, 2.75) is 31.7 Å². The number of rotatable bonds is 3. The van der Waals surface area contributed by atoms with Gasteiger partial charge >= 0.3 is 0 Å². The van der Waals surface area contributed by atoms with E-state index in [1.165, 1.54) is 6.42 Å². The number of piperidine rings is 1. The summed E-state index contributed by atoms with van der Waals surface area (Å²) in [6.07, 6.45) is 4.13. The SMILES string of the molecule is Cl.NCCC1CCCCN1C(=O)c1ccc(Br)cc1Cl. The lowest BCUT2D eigenvalue weighted by Gasteiger charge is -2.36. The minimum atomic E-state index is 0. The molecule has 0 spiro atoms. The average molecular weight is 382 g/mol. The van der Waals surface area contributed by atoms with Gasteiger partial charge in [0.25, 0.3) is 5.91 Å². The number of nitrogens with zero attached hydrogens (tertiary/aromatic N) is 1. The highest BCUT2D eigenvalue weighted by Crippen LogP contribution is 2.26. The van der Waals surface area contributed by atoms with E-state index in [1.54, 1.807) is 12.1 Å². The number of amides is 1. The lowest BCUT2D eigenvalue weighted by Crippen LogP contribution is -2.44. The molecule has 2 N–H and O–H groups in total. The molecule has 6 heteroatoms. The second-order valence-electron chi connectivity index (χ2n) is 4.85. The maximum absolute atomic E-state index is 12.6. The van der Waals surface area contributed by atoms with Crippen LogP contribution in [0.4, 0.5) is 0 Å². The normalized spacial score (nSPS) is 18.6. The monoisotopic (exact) mass is 380 g/mol.